The molecule has 0 aliphatic rings. The van der Waals surface area contributed by atoms with Crippen molar-refractivity contribution >= 4 is 23.6 Å². The average Bonchev–Trinajstić information content (AvgIpc) is 2.60. The first-order chi connectivity index (χ1) is 11.3. The van der Waals surface area contributed by atoms with Gasteiger partial charge in [0.05, 0.1) is 0 Å². The van der Waals surface area contributed by atoms with Crippen LogP contribution >= 0.6 is 0 Å². The number of para-hydroxylation sites is 1. The zero-order valence-corrected chi connectivity index (χ0v) is 17.8. The molecule has 0 saturated carbocycles. The molecule has 4 nitrogen and oxygen atoms in total. The minimum absolute atomic E-state index is 0.176. The highest BCUT2D eigenvalue weighted by atomic mass is 28.4. The highest BCUT2D eigenvalue weighted by Gasteiger charge is 2.37. The first-order valence-electron chi connectivity index (χ1n) is 8.64. The molecular formula is C18H32O4Si2. The Labute approximate surface area is 149 Å². The van der Waals surface area contributed by atoms with Crippen molar-refractivity contribution in [1.82, 2.24) is 0 Å². The van der Waals surface area contributed by atoms with Crippen molar-refractivity contribution < 1.29 is 18.4 Å². The summed E-state index contributed by atoms with van der Waals surface area (Å²) >= 11 is 0. The summed E-state index contributed by atoms with van der Waals surface area (Å²) in [6.07, 6.45) is 0. The fraction of sp³-hybridized carbons (Fsp3) is 0.500. The standard InChI is InChI=1S/C14H26O2Si2.C4H6O2/c1-5-17(6-2)16-18(7-3,8-4)15-14-12-10-9-11-13-14;1-3(2)4(5)6/h9-13,17H,5-8H2,1-4H3;1H2,2H3,(H,5,6). The lowest BCUT2D eigenvalue weighted by atomic mass is 10.3. The molecule has 1 aromatic carbocycles. The smallest absolute Gasteiger partial charge is 0.387 e. The molecule has 1 aromatic rings. The van der Waals surface area contributed by atoms with Gasteiger partial charge in [0.1, 0.15) is 5.75 Å². The van der Waals surface area contributed by atoms with Crippen LogP contribution in [0.25, 0.3) is 0 Å². The van der Waals surface area contributed by atoms with E-state index in [-0.39, 0.29) is 5.57 Å². The first-order valence-corrected chi connectivity index (χ1v) is 13.0. The van der Waals surface area contributed by atoms with Crippen LogP contribution in [0.3, 0.4) is 0 Å². The fourth-order valence-corrected chi connectivity index (χ4v) is 9.27. The molecule has 1 rings (SSSR count). The molecule has 0 aromatic heterocycles. The van der Waals surface area contributed by atoms with Gasteiger partial charge in [0, 0.05) is 5.57 Å². The van der Waals surface area contributed by atoms with Crippen LogP contribution in [0.4, 0.5) is 0 Å². The van der Waals surface area contributed by atoms with Crippen molar-refractivity contribution in [2.75, 3.05) is 0 Å². The number of carbonyl (C=O) groups is 1. The summed E-state index contributed by atoms with van der Waals surface area (Å²) in [7, 11) is -3.08. The van der Waals surface area contributed by atoms with Gasteiger partial charge in [-0.05, 0) is 43.2 Å². The van der Waals surface area contributed by atoms with E-state index in [9.17, 15) is 4.79 Å². The molecule has 0 radical (unpaired) electrons. The molecule has 0 spiro atoms. The van der Waals surface area contributed by atoms with E-state index in [0.717, 1.165) is 17.8 Å². The highest BCUT2D eigenvalue weighted by molar-refractivity contribution is 6.76. The lowest BCUT2D eigenvalue weighted by Crippen LogP contribution is -2.48. The van der Waals surface area contributed by atoms with Crippen LogP contribution in [0.5, 0.6) is 5.75 Å². The SMILES string of the molecule is C=C(C)C(=O)O.CC[SiH](CC)O[Si](CC)(CC)Oc1ccccc1. The second-order valence-corrected chi connectivity index (χ2v) is 12.9. The molecule has 6 heteroatoms. The number of hydrogen-bond acceptors (Lipinski definition) is 3. The second kappa shape index (κ2) is 12.1. The molecule has 0 amide bonds. The van der Waals surface area contributed by atoms with Gasteiger partial charge in [-0.2, -0.15) is 0 Å². The molecular weight excluding hydrogens is 336 g/mol. The van der Waals surface area contributed by atoms with Crippen LogP contribution < -0.4 is 4.43 Å². The van der Waals surface area contributed by atoms with Crippen molar-refractivity contribution in [1.29, 1.82) is 0 Å². The Bertz CT molecular complexity index is 471. The fourth-order valence-electron chi connectivity index (χ4n) is 2.05. The maximum Gasteiger partial charge on any atom is 0.387 e. The number of rotatable bonds is 9. The van der Waals surface area contributed by atoms with Crippen LogP contribution in [0.1, 0.15) is 34.6 Å². The number of carboxylic acids is 1. The predicted molar refractivity (Wildman–Crippen MR) is 105 cm³/mol. The number of hydrogen-bond donors (Lipinski definition) is 1. The van der Waals surface area contributed by atoms with Gasteiger partial charge in [0.15, 0.2) is 9.04 Å². The molecule has 0 heterocycles. The Morgan fingerprint density at radius 1 is 1.12 bits per heavy atom. The quantitative estimate of drug-likeness (QED) is 0.493. The molecule has 24 heavy (non-hydrogen) atoms. The zero-order valence-electron chi connectivity index (χ0n) is 15.7. The minimum atomic E-state index is -2.03. The van der Waals surface area contributed by atoms with E-state index >= 15 is 0 Å². The van der Waals surface area contributed by atoms with Gasteiger partial charge in [-0.3, -0.25) is 0 Å². The number of benzene rings is 1. The molecule has 0 fully saturated rings. The third kappa shape index (κ3) is 8.47. The van der Waals surface area contributed by atoms with Gasteiger partial charge >= 0.3 is 14.5 Å². The van der Waals surface area contributed by atoms with E-state index in [1.807, 2.05) is 30.3 Å². The van der Waals surface area contributed by atoms with E-state index in [1.54, 1.807) is 0 Å². The van der Waals surface area contributed by atoms with E-state index in [0.29, 0.717) is 0 Å². The van der Waals surface area contributed by atoms with Crippen molar-refractivity contribution in [3.05, 3.63) is 42.5 Å². The van der Waals surface area contributed by atoms with E-state index in [2.05, 4.69) is 34.3 Å². The van der Waals surface area contributed by atoms with Crippen molar-refractivity contribution in [2.24, 2.45) is 0 Å². The third-order valence-corrected chi connectivity index (χ3v) is 11.4. The summed E-state index contributed by atoms with van der Waals surface area (Å²) in [4.78, 5) is 9.60. The van der Waals surface area contributed by atoms with Crippen molar-refractivity contribution in [2.45, 2.75) is 58.8 Å². The Kier molecular flexibility index (Phi) is 11.4. The van der Waals surface area contributed by atoms with Gasteiger partial charge in [-0.15, -0.1) is 0 Å². The Morgan fingerprint density at radius 2 is 1.58 bits per heavy atom. The number of aliphatic carboxylic acids is 1. The Morgan fingerprint density at radius 3 is 1.92 bits per heavy atom. The van der Waals surface area contributed by atoms with Crippen LogP contribution in [-0.2, 0) is 8.91 Å². The van der Waals surface area contributed by atoms with Crippen molar-refractivity contribution in [3.63, 3.8) is 0 Å². The molecule has 0 aliphatic carbocycles. The summed E-state index contributed by atoms with van der Waals surface area (Å²) in [5.74, 6) is 0.0304. The van der Waals surface area contributed by atoms with Crippen molar-refractivity contribution in [3.8, 4) is 5.75 Å². The molecule has 0 unspecified atom stereocenters. The average molecular weight is 369 g/mol. The highest BCUT2D eigenvalue weighted by Crippen LogP contribution is 2.24. The van der Waals surface area contributed by atoms with E-state index < -0.39 is 23.6 Å². The Hall–Kier alpha value is -1.38. The zero-order chi connectivity index (χ0) is 18.6. The normalized spacial score (nSPS) is 10.8. The molecule has 0 atom stereocenters. The topological polar surface area (TPSA) is 55.8 Å². The minimum Gasteiger partial charge on any atom is -0.521 e. The maximum absolute atomic E-state index is 9.60. The second-order valence-electron chi connectivity index (χ2n) is 5.67. The lowest BCUT2D eigenvalue weighted by molar-refractivity contribution is -0.132. The molecule has 0 saturated heterocycles. The molecule has 0 aliphatic heterocycles. The lowest BCUT2D eigenvalue weighted by Gasteiger charge is -2.33. The van der Waals surface area contributed by atoms with Gasteiger partial charge < -0.3 is 13.6 Å². The van der Waals surface area contributed by atoms with Gasteiger partial charge in [-0.1, -0.05) is 52.5 Å². The third-order valence-electron chi connectivity index (χ3n) is 3.78. The van der Waals surface area contributed by atoms with Crippen LogP contribution in [0, 0.1) is 0 Å². The van der Waals surface area contributed by atoms with Gasteiger partial charge in [0.2, 0.25) is 0 Å². The predicted octanol–water partition coefficient (Wildman–Crippen LogP) is 4.97. The maximum atomic E-state index is 9.60. The van der Waals surface area contributed by atoms with Gasteiger partial charge in [0.25, 0.3) is 0 Å². The molecule has 136 valence electrons. The first kappa shape index (κ1) is 22.6. The summed E-state index contributed by atoms with van der Waals surface area (Å²) in [6.45, 7) is 13.5. The summed E-state index contributed by atoms with van der Waals surface area (Å²) in [5.41, 5.74) is 0.176. The summed E-state index contributed by atoms with van der Waals surface area (Å²) in [6, 6.07) is 14.6. The summed E-state index contributed by atoms with van der Waals surface area (Å²) < 4.78 is 12.8. The Balaban J connectivity index is 0.000000754. The largest absolute Gasteiger partial charge is 0.521 e. The van der Waals surface area contributed by atoms with E-state index in [1.165, 1.54) is 19.0 Å². The van der Waals surface area contributed by atoms with E-state index in [4.69, 9.17) is 13.6 Å². The monoisotopic (exact) mass is 368 g/mol. The molecule has 0 bridgehead atoms. The van der Waals surface area contributed by atoms with Crippen LogP contribution in [0.15, 0.2) is 42.5 Å². The van der Waals surface area contributed by atoms with Crippen LogP contribution in [-0.4, -0.2) is 28.7 Å². The summed E-state index contributed by atoms with van der Waals surface area (Å²) in [5, 5.41) is 7.89. The number of carboxylic acid groups (broad SMARTS) is 1. The molecule has 1 N–H and O–H groups in total. The van der Waals surface area contributed by atoms with Gasteiger partial charge in [-0.25, -0.2) is 4.79 Å². The van der Waals surface area contributed by atoms with Crippen LogP contribution in [0.2, 0.25) is 24.2 Å².